The predicted octanol–water partition coefficient (Wildman–Crippen LogP) is 2.28. The van der Waals surface area contributed by atoms with Gasteiger partial charge in [0, 0.05) is 6.61 Å². The highest BCUT2D eigenvalue weighted by Gasteiger charge is 2.01. The number of hydrogen-bond donors (Lipinski definition) is 2. The molecule has 1 rings (SSSR count). The van der Waals surface area contributed by atoms with E-state index < -0.39 is 6.10 Å². The third kappa shape index (κ3) is 4.64. The van der Waals surface area contributed by atoms with Gasteiger partial charge in [0.1, 0.15) is 5.75 Å². The van der Waals surface area contributed by atoms with E-state index in [1.807, 2.05) is 24.3 Å². The molecule has 0 amide bonds. The van der Waals surface area contributed by atoms with Crippen LogP contribution in [0.1, 0.15) is 37.9 Å². The predicted molar refractivity (Wildman–Crippen MR) is 63.5 cm³/mol. The van der Waals surface area contributed by atoms with Gasteiger partial charge in [0.2, 0.25) is 0 Å². The van der Waals surface area contributed by atoms with E-state index in [0.717, 1.165) is 30.6 Å². The van der Waals surface area contributed by atoms with Crippen molar-refractivity contribution in [2.45, 2.75) is 32.3 Å². The average Bonchev–Trinajstić information content (AvgIpc) is 2.29. The molecule has 90 valence electrons. The molecule has 16 heavy (non-hydrogen) atoms. The molecule has 0 aliphatic rings. The van der Waals surface area contributed by atoms with E-state index in [9.17, 15) is 5.11 Å². The fourth-order valence-electron chi connectivity index (χ4n) is 1.44. The molecule has 2 N–H and O–H groups in total. The minimum absolute atomic E-state index is 0.248. The van der Waals surface area contributed by atoms with Crippen LogP contribution < -0.4 is 4.74 Å². The Balaban J connectivity index is 2.33. The Bertz CT molecular complexity index is 297. The second-order valence-corrected chi connectivity index (χ2v) is 3.88. The van der Waals surface area contributed by atoms with Gasteiger partial charge in [-0.25, -0.2) is 0 Å². The number of rotatable bonds is 7. The molecule has 1 aromatic carbocycles. The fourth-order valence-corrected chi connectivity index (χ4v) is 1.44. The highest BCUT2D eigenvalue weighted by molar-refractivity contribution is 5.29. The largest absolute Gasteiger partial charge is 0.494 e. The van der Waals surface area contributed by atoms with Gasteiger partial charge in [-0.3, -0.25) is 0 Å². The topological polar surface area (TPSA) is 49.7 Å². The van der Waals surface area contributed by atoms with Gasteiger partial charge in [-0.05, 0) is 43.9 Å². The first-order valence-corrected chi connectivity index (χ1v) is 5.75. The maximum absolute atomic E-state index is 9.41. The zero-order valence-corrected chi connectivity index (χ0v) is 9.72. The lowest BCUT2D eigenvalue weighted by atomic mass is 10.1. The molecule has 3 nitrogen and oxygen atoms in total. The fraction of sp³-hybridized carbons (Fsp3) is 0.538. The van der Waals surface area contributed by atoms with Gasteiger partial charge in [0.05, 0.1) is 12.7 Å². The Labute approximate surface area is 96.7 Å². The monoisotopic (exact) mass is 224 g/mol. The number of aliphatic hydroxyl groups is 2. The molecule has 1 unspecified atom stereocenters. The molecule has 0 fully saturated rings. The van der Waals surface area contributed by atoms with Crippen molar-refractivity contribution in [3.63, 3.8) is 0 Å². The summed E-state index contributed by atoms with van der Waals surface area (Å²) in [6, 6.07) is 7.50. The molecular weight excluding hydrogens is 204 g/mol. The van der Waals surface area contributed by atoms with Crippen LogP contribution in [0.3, 0.4) is 0 Å². The van der Waals surface area contributed by atoms with E-state index in [-0.39, 0.29) is 6.61 Å². The summed E-state index contributed by atoms with van der Waals surface area (Å²) in [5.41, 5.74) is 0.868. The van der Waals surface area contributed by atoms with Crippen LogP contribution >= 0.6 is 0 Å². The van der Waals surface area contributed by atoms with Crippen molar-refractivity contribution < 1.29 is 14.9 Å². The van der Waals surface area contributed by atoms with Crippen LogP contribution in [-0.2, 0) is 0 Å². The number of aliphatic hydroxyl groups excluding tert-OH is 2. The van der Waals surface area contributed by atoms with Crippen LogP contribution in [-0.4, -0.2) is 23.4 Å². The molecule has 0 radical (unpaired) electrons. The quantitative estimate of drug-likeness (QED) is 0.699. The maximum Gasteiger partial charge on any atom is 0.119 e. The van der Waals surface area contributed by atoms with Gasteiger partial charge in [-0.1, -0.05) is 12.1 Å². The van der Waals surface area contributed by atoms with Gasteiger partial charge in [-0.15, -0.1) is 0 Å². The van der Waals surface area contributed by atoms with Crippen LogP contribution in [0.4, 0.5) is 0 Å². The minimum atomic E-state index is -0.460. The third-order valence-electron chi connectivity index (χ3n) is 2.41. The summed E-state index contributed by atoms with van der Waals surface area (Å²) < 4.78 is 5.55. The maximum atomic E-state index is 9.41. The molecular formula is C13H20O3. The minimum Gasteiger partial charge on any atom is -0.494 e. The van der Waals surface area contributed by atoms with Crippen molar-refractivity contribution in [3.8, 4) is 5.75 Å². The van der Waals surface area contributed by atoms with E-state index in [1.165, 1.54) is 0 Å². The van der Waals surface area contributed by atoms with Crippen LogP contribution in [0.25, 0.3) is 0 Å². The van der Waals surface area contributed by atoms with Crippen molar-refractivity contribution in [2.75, 3.05) is 13.2 Å². The first kappa shape index (κ1) is 13.0. The molecule has 0 saturated carbocycles. The average molecular weight is 224 g/mol. The number of hydrogen-bond acceptors (Lipinski definition) is 3. The molecule has 0 bridgehead atoms. The molecule has 0 heterocycles. The molecule has 1 atom stereocenters. The Hall–Kier alpha value is -1.06. The van der Waals surface area contributed by atoms with E-state index in [4.69, 9.17) is 9.84 Å². The summed E-state index contributed by atoms with van der Waals surface area (Å²) in [6.45, 7) is 2.64. The molecule has 0 spiro atoms. The summed E-state index contributed by atoms with van der Waals surface area (Å²) >= 11 is 0. The number of benzene rings is 1. The highest BCUT2D eigenvalue weighted by Crippen LogP contribution is 2.18. The first-order valence-electron chi connectivity index (χ1n) is 5.75. The van der Waals surface area contributed by atoms with Gasteiger partial charge in [0.15, 0.2) is 0 Å². The molecule has 0 aliphatic carbocycles. The highest BCUT2D eigenvalue weighted by atomic mass is 16.5. The Morgan fingerprint density at radius 1 is 1.25 bits per heavy atom. The number of unbranched alkanes of at least 4 members (excludes halogenated alkanes) is 2. The Kier molecular flexibility index (Phi) is 5.90. The lowest BCUT2D eigenvalue weighted by Gasteiger charge is -2.09. The van der Waals surface area contributed by atoms with E-state index >= 15 is 0 Å². The zero-order valence-electron chi connectivity index (χ0n) is 9.72. The lowest BCUT2D eigenvalue weighted by molar-refractivity contribution is 0.198. The van der Waals surface area contributed by atoms with Crippen molar-refractivity contribution >= 4 is 0 Å². The first-order chi connectivity index (χ1) is 7.74. The third-order valence-corrected chi connectivity index (χ3v) is 2.41. The summed E-state index contributed by atoms with van der Waals surface area (Å²) in [5.74, 6) is 0.794. The standard InChI is InChI=1S/C13H20O3/c1-11(15)12-6-5-7-13(10-12)16-9-4-2-3-8-14/h5-7,10-11,14-15H,2-4,8-9H2,1H3. The second kappa shape index (κ2) is 7.25. The summed E-state index contributed by atoms with van der Waals surface area (Å²) in [6.07, 6.45) is 2.29. The molecule has 3 heteroatoms. The molecule has 1 aromatic rings. The zero-order chi connectivity index (χ0) is 11.8. The van der Waals surface area contributed by atoms with Gasteiger partial charge in [0.25, 0.3) is 0 Å². The number of ether oxygens (including phenoxy) is 1. The van der Waals surface area contributed by atoms with Crippen molar-refractivity contribution in [3.05, 3.63) is 29.8 Å². The van der Waals surface area contributed by atoms with Gasteiger partial charge < -0.3 is 14.9 Å². The Morgan fingerprint density at radius 2 is 2.06 bits per heavy atom. The Morgan fingerprint density at radius 3 is 2.75 bits per heavy atom. The second-order valence-electron chi connectivity index (χ2n) is 3.88. The lowest BCUT2D eigenvalue weighted by Crippen LogP contribution is -1.99. The van der Waals surface area contributed by atoms with Crippen LogP contribution in [0.5, 0.6) is 5.75 Å². The molecule has 0 aliphatic heterocycles. The summed E-state index contributed by atoms with van der Waals surface area (Å²) in [4.78, 5) is 0. The summed E-state index contributed by atoms with van der Waals surface area (Å²) in [5, 5.41) is 18.0. The van der Waals surface area contributed by atoms with Crippen molar-refractivity contribution in [2.24, 2.45) is 0 Å². The molecule has 0 aromatic heterocycles. The van der Waals surface area contributed by atoms with Crippen LogP contribution in [0.2, 0.25) is 0 Å². The van der Waals surface area contributed by atoms with E-state index in [2.05, 4.69) is 0 Å². The SMILES string of the molecule is CC(O)c1cccc(OCCCCCO)c1. The van der Waals surface area contributed by atoms with E-state index in [0.29, 0.717) is 6.61 Å². The van der Waals surface area contributed by atoms with Crippen molar-refractivity contribution in [1.29, 1.82) is 0 Å². The normalized spacial score (nSPS) is 12.4. The smallest absolute Gasteiger partial charge is 0.119 e. The van der Waals surface area contributed by atoms with Gasteiger partial charge >= 0.3 is 0 Å². The van der Waals surface area contributed by atoms with Crippen LogP contribution in [0, 0.1) is 0 Å². The molecule has 0 saturated heterocycles. The van der Waals surface area contributed by atoms with Gasteiger partial charge in [-0.2, -0.15) is 0 Å². The van der Waals surface area contributed by atoms with Crippen LogP contribution in [0.15, 0.2) is 24.3 Å². The van der Waals surface area contributed by atoms with E-state index in [1.54, 1.807) is 6.92 Å². The van der Waals surface area contributed by atoms with Crippen molar-refractivity contribution in [1.82, 2.24) is 0 Å². The summed E-state index contributed by atoms with van der Waals surface area (Å²) in [7, 11) is 0.